The molecular formula is C20H23ClN2O2. The first-order chi connectivity index (χ1) is 12.1. The van der Waals surface area contributed by atoms with Crippen LogP contribution in [0.4, 0.5) is 11.4 Å². The fourth-order valence-electron chi connectivity index (χ4n) is 2.97. The summed E-state index contributed by atoms with van der Waals surface area (Å²) in [6.45, 7) is 4.10. The number of nitrogens with one attached hydrogen (secondary N) is 1. The van der Waals surface area contributed by atoms with E-state index in [2.05, 4.69) is 22.3 Å². The number of ether oxygens (including phenoxy) is 1. The average Bonchev–Trinajstić information content (AvgIpc) is 2.64. The van der Waals surface area contributed by atoms with Crippen LogP contribution in [0.2, 0.25) is 5.02 Å². The fourth-order valence-corrected chi connectivity index (χ4v) is 3.14. The molecular weight excluding hydrogens is 336 g/mol. The Balaban J connectivity index is 1.53. The van der Waals surface area contributed by atoms with Crippen LogP contribution in [0.25, 0.3) is 0 Å². The van der Waals surface area contributed by atoms with E-state index in [1.165, 1.54) is 24.9 Å². The van der Waals surface area contributed by atoms with Crippen molar-refractivity contribution in [3.8, 4) is 5.75 Å². The summed E-state index contributed by atoms with van der Waals surface area (Å²) in [7, 11) is 0. The van der Waals surface area contributed by atoms with Gasteiger partial charge in [0.25, 0.3) is 5.91 Å². The van der Waals surface area contributed by atoms with Crippen molar-refractivity contribution in [1.29, 1.82) is 0 Å². The van der Waals surface area contributed by atoms with E-state index >= 15 is 0 Å². The molecule has 1 saturated heterocycles. The summed E-state index contributed by atoms with van der Waals surface area (Å²) in [6, 6.07) is 13.5. The third-order valence-electron chi connectivity index (χ3n) is 4.32. The van der Waals surface area contributed by atoms with Gasteiger partial charge in [-0.15, -0.1) is 0 Å². The number of carbonyl (C=O) groups is 1. The number of nitrogens with zero attached hydrogens (tertiary/aromatic N) is 1. The Morgan fingerprint density at radius 2 is 1.84 bits per heavy atom. The van der Waals surface area contributed by atoms with E-state index < -0.39 is 0 Å². The Bertz CT molecular complexity index is 725. The molecule has 1 aliphatic rings. The Hall–Kier alpha value is -2.20. The number of aryl methyl sites for hydroxylation is 1. The molecule has 1 amide bonds. The minimum atomic E-state index is -0.205. The van der Waals surface area contributed by atoms with Crippen molar-refractivity contribution in [2.45, 2.75) is 26.2 Å². The van der Waals surface area contributed by atoms with Crippen molar-refractivity contribution in [3.05, 3.63) is 53.1 Å². The largest absolute Gasteiger partial charge is 0.482 e. The predicted molar refractivity (Wildman–Crippen MR) is 103 cm³/mol. The summed E-state index contributed by atoms with van der Waals surface area (Å²) >= 11 is 6.07. The van der Waals surface area contributed by atoms with E-state index in [0.29, 0.717) is 10.8 Å². The molecule has 0 unspecified atom stereocenters. The second-order valence-corrected chi connectivity index (χ2v) is 6.77. The zero-order valence-electron chi connectivity index (χ0n) is 14.4. The smallest absolute Gasteiger partial charge is 0.262 e. The number of carbonyl (C=O) groups excluding carboxylic acids is 1. The minimum absolute atomic E-state index is 0.0724. The van der Waals surface area contributed by atoms with E-state index in [0.717, 1.165) is 24.3 Å². The Morgan fingerprint density at radius 1 is 1.12 bits per heavy atom. The van der Waals surface area contributed by atoms with Crippen molar-refractivity contribution in [2.75, 3.05) is 29.9 Å². The first-order valence-electron chi connectivity index (χ1n) is 8.65. The molecule has 4 nitrogen and oxygen atoms in total. The monoisotopic (exact) mass is 358 g/mol. The average molecular weight is 359 g/mol. The number of piperidine rings is 1. The quantitative estimate of drug-likeness (QED) is 0.845. The van der Waals surface area contributed by atoms with Crippen LogP contribution in [0.1, 0.15) is 24.8 Å². The van der Waals surface area contributed by atoms with E-state index in [1.54, 1.807) is 6.07 Å². The van der Waals surface area contributed by atoms with Gasteiger partial charge in [0.15, 0.2) is 6.61 Å². The Kier molecular flexibility index (Phi) is 5.82. The van der Waals surface area contributed by atoms with Gasteiger partial charge in [-0.1, -0.05) is 17.7 Å². The molecule has 2 aromatic rings. The summed E-state index contributed by atoms with van der Waals surface area (Å²) in [5, 5.41) is 3.35. The number of hydrogen-bond acceptors (Lipinski definition) is 3. The normalized spacial score (nSPS) is 14.2. The van der Waals surface area contributed by atoms with Gasteiger partial charge in [0, 0.05) is 24.5 Å². The molecule has 2 aromatic carbocycles. The number of hydrogen-bond donors (Lipinski definition) is 1. The zero-order valence-corrected chi connectivity index (χ0v) is 15.2. The summed E-state index contributed by atoms with van der Waals surface area (Å²) in [5.41, 5.74) is 3.01. The molecule has 1 fully saturated rings. The van der Waals surface area contributed by atoms with Gasteiger partial charge in [-0.2, -0.15) is 0 Å². The number of rotatable bonds is 5. The lowest BCUT2D eigenvalue weighted by molar-refractivity contribution is -0.118. The molecule has 0 aliphatic carbocycles. The van der Waals surface area contributed by atoms with Crippen LogP contribution < -0.4 is 15.0 Å². The molecule has 5 heteroatoms. The number of benzene rings is 2. The molecule has 0 atom stereocenters. The van der Waals surface area contributed by atoms with Crippen LogP contribution in [0, 0.1) is 6.92 Å². The molecule has 0 aromatic heterocycles. The second-order valence-electron chi connectivity index (χ2n) is 6.37. The highest BCUT2D eigenvalue weighted by molar-refractivity contribution is 6.32. The highest BCUT2D eigenvalue weighted by atomic mass is 35.5. The van der Waals surface area contributed by atoms with Crippen LogP contribution in [0.15, 0.2) is 42.5 Å². The van der Waals surface area contributed by atoms with Gasteiger partial charge in [-0.05, 0) is 68.1 Å². The second kappa shape index (κ2) is 8.26. The van der Waals surface area contributed by atoms with Crippen LogP contribution in [0.3, 0.4) is 0 Å². The zero-order chi connectivity index (χ0) is 17.6. The van der Waals surface area contributed by atoms with Gasteiger partial charge in [0.2, 0.25) is 0 Å². The summed E-state index contributed by atoms with van der Waals surface area (Å²) in [5.74, 6) is 0.320. The third kappa shape index (κ3) is 4.89. The Labute approximate surface area is 153 Å². The predicted octanol–water partition coefficient (Wildman–Crippen LogP) is 4.66. The third-order valence-corrected chi connectivity index (χ3v) is 4.63. The first-order valence-corrected chi connectivity index (χ1v) is 9.03. The van der Waals surface area contributed by atoms with Crippen molar-refractivity contribution in [2.24, 2.45) is 0 Å². The SMILES string of the molecule is Cc1ccc(Cl)c(OCC(=O)Nc2ccc(N3CCCCC3)cc2)c1. The van der Waals surface area contributed by atoms with Crippen molar-refractivity contribution < 1.29 is 9.53 Å². The Morgan fingerprint density at radius 3 is 2.56 bits per heavy atom. The molecule has 3 rings (SSSR count). The maximum Gasteiger partial charge on any atom is 0.262 e. The lowest BCUT2D eigenvalue weighted by Gasteiger charge is -2.28. The number of halogens is 1. The van der Waals surface area contributed by atoms with Crippen molar-refractivity contribution >= 4 is 28.9 Å². The summed E-state index contributed by atoms with van der Waals surface area (Å²) in [6.07, 6.45) is 3.81. The molecule has 132 valence electrons. The molecule has 0 spiro atoms. The highest BCUT2D eigenvalue weighted by Gasteiger charge is 2.11. The summed E-state index contributed by atoms with van der Waals surface area (Å²) < 4.78 is 5.52. The number of anilines is 2. The molecule has 0 radical (unpaired) electrons. The first kappa shape index (κ1) is 17.6. The van der Waals surface area contributed by atoms with Crippen LogP contribution in [-0.4, -0.2) is 25.6 Å². The van der Waals surface area contributed by atoms with Gasteiger partial charge in [-0.25, -0.2) is 0 Å². The molecule has 1 aliphatic heterocycles. The van der Waals surface area contributed by atoms with E-state index in [-0.39, 0.29) is 12.5 Å². The summed E-state index contributed by atoms with van der Waals surface area (Å²) in [4.78, 5) is 14.5. The molecule has 1 N–H and O–H groups in total. The van der Waals surface area contributed by atoms with Crippen molar-refractivity contribution in [1.82, 2.24) is 0 Å². The van der Waals surface area contributed by atoms with Gasteiger partial charge in [0.05, 0.1) is 5.02 Å². The van der Waals surface area contributed by atoms with Crippen LogP contribution >= 0.6 is 11.6 Å². The van der Waals surface area contributed by atoms with E-state index in [1.807, 2.05) is 31.2 Å². The molecule has 25 heavy (non-hydrogen) atoms. The minimum Gasteiger partial charge on any atom is -0.482 e. The molecule has 0 saturated carbocycles. The van der Waals surface area contributed by atoms with E-state index in [4.69, 9.17) is 16.3 Å². The van der Waals surface area contributed by atoms with E-state index in [9.17, 15) is 4.79 Å². The standard InChI is InChI=1S/C20H23ClN2O2/c1-15-5-10-18(21)19(13-15)25-14-20(24)22-16-6-8-17(9-7-16)23-11-3-2-4-12-23/h5-10,13H,2-4,11-12,14H2,1H3,(H,22,24). The lowest BCUT2D eigenvalue weighted by Crippen LogP contribution is -2.29. The van der Waals surface area contributed by atoms with Gasteiger partial charge >= 0.3 is 0 Å². The maximum absolute atomic E-state index is 12.1. The van der Waals surface area contributed by atoms with Crippen LogP contribution in [0.5, 0.6) is 5.75 Å². The maximum atomic E-state index is 12.1. The van der Waals surface area contributed by atoms with Crippen molar-refractivity contribution in [3.63, 3.8) is 0 Å². The molecule has 0 bridgehead atoms. The highest BCUT2D eigenvalue weighted by Crippen LogP contribution is 2.25. The van der Waals surface area contributed by atoms with Crippen LogP contribution in [-0.2, 0) is 4.79 Å². The molecule has 1 heterocycles. The fraction of sp³-hybridized carbons (Fsp3) is 0.350. The number of amides is 1. The topological polar surface area (TPSA) is 41.6 Å². The van der Waals surface area contributed by atoms with Gasteiger partial charge in [0.1, 0.15) is 5.75 Å². The van der Waals surface area contributed by atoms with Gasteiger partial charge < -0.3 is 15.0 Å². The lowest BCUT2D eigenvalue weighted by atomic mass is 10.1. The van der Waals surface area contributed by atoms with Gasteiger partial charge in [-0.3, -0.25) is 4.79 Å².